The van der Waals surface area contributed by atoms with Crippen molar-refractivity contribution < 1.29 is 27.5 Å². The van der Waals surface area contributed by atoms with Crippen molar-refractivity contribution in [1.29, 1.82) is 0 Å². The Kier molecular flexibility index (Phi) is 5.29. The molecular formula is C18H16F3N3O3. The normalized spacial score (nSPS) is 14.4. The molecule has 9 heteroatoms. The van der Waals surface area contributed by atoms with E-state index in [0.29, 0.717) is 5.56 Å². The van der Waals surface area contributed by atoms with E-state index in [1.807, 2.05) is 0 Å². The summed E-state index contributed by atoms with van der Waals surface area (Å²) in [5, 5.41) is 2.53. The molecule has 6 nitrogen and oxygen atoms in total. The summed E-state index contributed by atoms with van der Waals surface area (Å²) in [4.78, 5) is 29.1. The van der Waals surface area contributed by atoms with E-state index in [-0.39, 0.29) is 37.3 Å². The van der Waals surface area contributed by atoms with Crippen LogP contribution in [0.5, 0.6) is 5.88 Å². The van der Waals surface area contributed by atoms with Crippen molar-refractivity contribution in [2.45, 2.75) is 12.3 Å². The monoisotopic (exact) mass is 379 g/mol. The van der Waals surface area contributed by atoms with Crippen LogP contribution >= 0.6 is 0 Å². The molecule has 0 aliphatic carbocycles. The Morgan fingerprint density at radius 2 is 1.89 bits per heavy atom. The number of nitrogens with zero attached hydrogens (tertiary/aromatic N) is 2. The van der Waals surface area contributed by atoms with Gasteiger partial charge in [0, 0.05) is 17.8 Å². The number of hydrogen-bond acceptors (Lipinski definition) is 4. The Bertz CT molecular complexity index is 821. The zero-order valence-electron chi connectivity index (χ0n) is 14.1. The SMILES string of the molecule is O=C(NCC(=O)N1CC(Oc2cc(C(F)(F)F)ccn2)C1)c1ccccc1. The molecule has 0 saturated carbocycles. The largest absolute Gasteiger partial charge is 0.471 e. The molecule has 1 N–H and O–H groups in total. The number of carbonyl (C=O) groups excluding carboxylic acids is 2. The molecule has 2 heterocycles. The molecule has 1 aliphatic heterocycles. The van der Waals surface area contributed by atoms with Crippen LogP contribution in [0.4, 0.5) is 13.2 Å². The van der Waals surface area contributed by atoms with E-state index in [0.717, 1.165) is 18.3 Å². The highest BCUT2D eigenvalue weighted by Gasteiger charge is 2.34. The summed E-state index contributed by atoms with van der Waals surface area (Å²) in [7, 11) is 0. The molecule has 0 unspecified atom stereocenters. The van der Waals surface area contributed by atoms with E-state index >= 15 is 0 Å². The Balaban J connectivity index is 1.44. The smallest absolute Gasteiger partial charge is 0.416 e. The first-order valence-electron chi connectivity index (χ1n) is 8.14. The quantitative estimate of drug-likeness (QED) is 0.864. The average Bonchev–Trinajstić information content (AvgIpc) is 2.62. The van der Waals surface area contributed by atoms with Crippen molar-refractivity contribution in [3.8, 4) is 5.88 Å². The number of aromatic nitrogens is 1. The predicted octanol–water partition coefficient (Wildman–Crippen LogP) is 2.12. The number of rotatable bonds is 5. The second-order valence-corrected chi connectivity index (χ2v) is 5.97. The molecule has 142 valence electrons. The van der Waals surface area contributed by atoms with E-state index in [9.17, 15) is 22.8 Å². The van der Waals surface area contributed by atoms with Crippen molar-refractivity contribution in [3.05, 3.63) is 59.8 Å². The Labute approximate surface area is 152 Å². The van der Waals surface area contributed by atoms with Gasteiger partial charge in [-0.3, -0.25) is 9.59 Å². The minimum absolute atomic E-state index is 0.140. The third-order valence-electron chi connectivity index (χ3n) is 3.99. The molecule has 0 radical (unpaired) electrons. The number of carbonyl (C=O) groups is 2. The fraction of sp³-hybridized carbons (Fsp3) is 0.278. The van der Waals surface area contributed by atoms with Gasteiger partial charge in [-0.25, -0.2) is 4.98 Å². The molecule has 0 bridgehead atoms. The van der Waals surface area contributed by atoms with E-state index in [4.69, 9.17) is 4.74 Å². The molecule has 2 amide bonds. The maximum absolute atomic E-state index is 12.7. The summed E-state index contributed by atoms with van der Waals surface area (Å²) in [6.07, 6.45) is -3.88. The number of ether oxygens (including phenoxy) is 1. The number of hydrogen-bond donors (Lipinski definition) is 1. The van der Waals surface area contributed by atoms with Crippen LogP contribution < -0.4 is 10.1 Å². The second kappa shape index (κ2) is 7.65. The van der Waals surface area contributed by atoms with Gasteiger partial charge >= 0.3 is 6.18 Å². The Morgan fingerprint density at radius 3 is 2.56 bits per heavy atom. The van der Waals surface area contributed by atoms with Gasteiger partial charge in [0.25, 0.3) is 5.91 Å². The molecule has 2 aromatic rings. The first-order chi connectivity index (χ1) is 12.8. The first kappa shape index (κ1) is 18.7. The van der Waals surface area contributed by atoms with Crippen LogP contribution in [-0.2, 0) is 11.0 Å². The minimum Gasteiger partial charge on any atom is -0.471 e. The molecule has 1 aliphatic rings. The van der Waals surface area contributed by atoms with Gasteiger partial charge in [0.2, 0.25) is 11.8 Å². The van der Waals surface area contributed by atoms with E-state index in [1.165, 1.54) is 4.90 Å². The van der Waals surface area contributed by atoms with Gasteiger partial charge in [-0.15, -0.1) is 0 Å². The van der Waals surface area contributed by atoms with E-state index in [1.54, 1.807) is 30.3 Å². The van der Waals surface area contributed by atoms with Crippen LogP contribution in [0, 0.1) is 0 Å². The van der Waals surface area contributed by atoms with Crippen molar-refractivity contribution >= 4 is 11.8 Å². The summed E-state index contributed by atoms with van der Waals surface area (Å²) < 4.78 is 43.4. The molecular weight excluding hydrogens is 363 g/mol. The molecule has 1 aromatic heterocycles. The van der Waals surface area contributed by atoms with Crippen molar-refractivity contribution in [2.24, 2.45) is 0 Å². The van der Waals surface area contributed by atoms with E-state index < -0.39 is 17.8 Å². The van der Waals surface area contributed by atoms with Gasteiger partial charge in [-0.2, -0.15) is 13.2 Å². The van der Waals surface area contributed by atoms with Crippen molar-refractivity contribution in [1.82, 2.24) is 15.2 Å². The van der Waals surface area contributed by atoms with Crippen molar-refractivity contribution in [3.63, 3.8) is 0 Å². The van der Waals surface area contributed by atoms with E-state index in [2.05, 4.69) is 10.3 Å². The summed E-state index contributed by atoms with van der Waals surface area (Å²) in [6, 6.07) is 10.2. The fourth-order valence-electron chi connectivity index (χ4n) is 2.50. The van der Waals surface area contributed by atoms with Gasteiger partial charge in [0.1, 0.15) is 6.10 Å². The maximum Gasteiger partial charge on any atom is 0.416 e. The highest BCUT2D eigenvalue weighted by molar-refractivity contribution is 5.96. The standard InChI is InChI=1S/C18H16F3N3O3/c19-18(20,21)13-6-7-22-15(8-13)27-14-10-24(11-14)16(25)9-23-17(26)12-4-2-1-3-5-12/h1-8,14H,9-11H2,(H,23,26). The molecule has 27 heavy (non-hydrogen) atoms. The highest BCUT2D eigenvalue weighted by atomic mass is 19.4. The molecule has 0 atom stereocenters. The van der Waals surface area contributed by atoms with Crippen LogP contribution in [-0.4, -0.2) is 47.4 Å². The first-order valence-corrected chi connectivity index (χ1v) is 8.14. The topological polar surface area (TPSA) is 71.5 Å². The number of benzene rings is 1. The number of alkyl halides is 3. The molecule has 0 spiro atoms. The lowest BCUT2D eigenvalue weighted by atomic mass is 10.1. The predicted molar refractivity (Wildman–Crippen MR) is 89.0 cm³/mol. The fourth-order valence-corrected chi connectivity index (χ4v) is 2.50. The number of halogens is 3. The molecule has 1 saturated heterocycles. The minimum atomic E-state index is -4.47. The van der Waals surface area contributed by atoms with Crippen LogP contribution in [0.3, 0.4) is 0 Å². The number of pyridine rings is 1. The maximum atomic E-state index is 12.7. The Morgan fingerprint density at radius 1 is 1.19 bits per heavy atom. The van der Waals surface area contributed by atoms with Gasteiger partial charge in [-0.05, 0) is 18.2 Å². The van der Waals surface area contributed by atoms with Gasteiger partial charge < -0.3 is 15.0 Å². The lowest BCUT2D eigenvalue weighted by Gasteiger charge is -2.38. The van der Waals surface area contributed by atoms with Crippen LogP contribution in [0.1, 0.15) is 15.9 Å². The third-order valence-corrected chi connectivity index (χ3v) is 3.99. The highest BCUT2D eigenvalue weighted by Crippen LogP contribution is 2.30. The number of nitrogens with one attached hydrogen (secondary N) is 1. The zero-order chi connectivity index (χ0) is 19.4. The lowest BCUT2D eigenvalue weighted by molar-refractivity contribution is -0.139. The van der Waals surface area contributed by atoms with Crippen molar-refractivity contribution in [2.75, 3.05) is 19.6 Å². The van der Waals surface area contributed by atoms with Crippen LogP contribution in [0.2, 0.25) is 0 Å². The van der Waals surface area contributed by atoms with Crippen LogP contribution in [0.25, 0.3) is 0 Å². The van der Waals surface area contributed by atoms with Crippen LogP contribution in [0.15, 0.2) is 48.7 Å². The number of likely N-dealkylation sites (tertiary alicyclic amines) is 1. The summed E-state index contributed by atoms with van der Waals surface area (Å²) >= 11 is 0. The third kappa shape index (κ3) is 4.75. The second-order valence-electron chi connectivity index (χ2n) is 5.97. The summed E-state index contributed by atoms with van der Waals surface area (Å²) in [5.41, 5.74) is -0.394. The number of amides is 2. The molecule has 3 rings (SSSR count). The summed E-state index contributed by atoms with van der Waals surface area (Å²) in [6.45, 7) is 0.276. The molecule has 1 fully saturated rings. The van der Waals surface area contributed by atoms with Gasteiger partial charge in [0.15, 0.2) is 0 Å². The average molecular weight is 379 g/mol. The summed E-state index contributed by atoms with van der Waals surface area (Å²) in [5.74, 6) is -0.791. The van der Waals surface area contributed by atoms with Gasteiger partial charge in [0.05, 0.1) is 25.2 Å². The van der Waals surface area contributed by atoms with Gasteiger partial charge in [-0.1, -0.05) is 18.2 Å². The lowest BCUT2D eigenvalue weighted by Crippen LogP contribution is -2.58. The zero-order valence-corrected chi connectivity index (χ0v) is 14.1. The molecule has 1 aromatic carbocycles. The Hall–Kier alpha value is -3.10.